The molecule has 0 aromatic rings. The summed E-state index contributed by atoms with van der Waals surface area (Å²) in [5.74, 6) is 0.726. The highest BCUT2D eigenvalue weighted by Crippen LogP contribution is 2.15. The maximum absolute atomic E-state index is 11.6. The van der Waals surface area contributed by atoms with Gasteiger partial charge in [-0.05, 0) is 31.7 Å². The molecule has 1 rings (SSSR count). The minimum Gasteiger partial charge on any atom is -0.372 e. The van der Waals surface area contributed by atoms with Gasteiger partial charge in [0.2, 0.25) is 5.91 Å². The predicted molar refractivity (Wildman–Crippen MR) is 66.7 cm³/mol. The Bertz CT molecular complexity index is 194. The first-order valence-electron chi connectivity index (χ1n) is 5.83. The Morgan fingerprint density at radius 2 is 2.06 bits per heavy atom. The number of rotatable bonds is 5. The number of carbonyl (C=O) groups is 1. The second kappa shape index (κ2) is 8.79. The third-order valence-corrected chi connectivity index (χ3v) is 2.87. The Morgan fingerprint density at radius 3 is 2.56 bits per heavy atom. The summed E-state index contributed by atoms with van der Waals surface area (Å²) in [7, 11) is 0. The lowest BCUT2D eigenvalue weighted by molar-refractivity contribution is -0.137. The monoisotopic (exact) mass is 250 g/mol. The number of nitrogens with zero attached hydrogens (tertiary/aromatic N) is 1. The third kappa shape index (κ3) is 5.14. The van der Waals surface area contributed by atoms with E-state index in [0.29, 0.717) is 12.5 Å². The summed E-state index contributed by atoms with van der Waals surface area (Å²) in [6.45, 7) is 5.38. The van der Waals surface area contributed by atoms with Crippen LogP contribution >= 0.6 is 12.4 Å². The van der Waals surface area contributed by atoms with Crippen LogP contribution < -0.4 is 5.73 Å². The third-order valence-electron chi connectivity index (χ3n) is 2.87. The van der Waals surface area contributed by atoms with Crippen molar-refractivity contribution >= 4 is 18.3 Å². The van der Waals surface area contributed by atoms with Gasteiger partial charge in [0.05, 0.1) is 0 Å². The lowest BCUT2D eigenvalue weighted by atomic mass is 9.97. The van der Waals surface area contributed by atoms with E-state index in [1.807, 2.05) is 11.8 Å². The summed E-state index contributed by atoms with van der Waals surface area (Å²) >= 11 is 0. The molecule has 16 heavy (non-hydrogen) atoms. The van der Waals surface area contributed by atoms with Crippen LogP contribution in [0.1, 0.15) is 26.2 Å². The second-order valence-corrected chi connectivity index (χ2v) is 4.11. The molecular formula is C11H23ClN2O2. The van der Waals surface area contributed by atoms with E-state index in [4.69, 9.17) is 10.5 Å². The molecule has 4 nitrogen and oxygen atoms in total. The van der Waals surface area contributed by atoms with E-state index in [0.717, 1.165) is 38.9 Å². The van der Waals surface area contributed by atoms with E-state index in [1.165, 1.54) is 0 Å². The van der Waals surface area contributed by atoms with Crippen LogP contribution in [0.5, 0.6) is 0 Å². The van der Waals surface area contributed by atoms with Crippen LogP contribution in [0.25, 0.3) is 0 Å². The number of ether oxygens (including phenoxy) is 1. The number of carbonyl (C=O) groups excluding carboxylic acids is 1. The first-order valence-corrected chi connectivity index (χ1v) is 5.83. The smallest absolute Gasteiger partial charge is 0.248 e. The number of hydrogen-bond donors (Lipinski definition) is 1. The van der Waals surface area contributed by atoms with Crippen LogP contribution in [0.4, 0.5) is 0 Å². The lowest BCUT2D eigenvalue weighted by Gasteiger charge is -2.31. The second-order valence-electron chi connectivity index (χ2n) is 4.11. The van der Waals surface area contributed by atoms with Crippen molar-refractivity contribution < 1.29 is 9.53 Å². The highest BCUT2D eigenvalue weighted by Gasteiger charge is 2.21. The minimum absolute atomic E-state index is 0. The van der Waals surface area contributed by atoms with Crippen LogP contribution in [-0.2, 0) is 9.53 Å². The molecule has 0 atom stereocenters. The molecule has 0 spiro atoms. The van der Waals surface area contributed by atoms with Crippen molar-refractivity contribution in [3.05, 3.63) is 0 Å². The summed E-state index contributed by atoms with van der Waals surface area (Å²) in [5.41, 5.74) is 5.59. The molecule has 5 heteroatoms. The fourth-order valence-electron chi connectivity index (χ4n) is 1.81. The van der Waals surface area contributed by atoms with Crippen molar-refractivity contribution in [2.45, 2.75) is 26.2 Å². The molecular weight excluding hydrogens is 228 g/mol. The van der Waals surface area contributed by atoms with Gasteiger partial charge in [0, 0.05) is 19.7 Å². The molecule has 1 heterocycles. The predicted octanol–water partition coefficient (Wildman–Crippen LogP) is 1.03. The number of nitrogens with two attached hydrogens (primary N) is 1. The van der Waals surface area contributed by atoms with Gasteiger partial charge < -0.3 is 15.4 Å². The zero-order chi connectivity index (χ0) is 11.1. The molecule has 2 N–H and O–H groups in total. The number of amides is 1. The van der Waals surface area contributed by atoms with Gasteiger partial charge in [0.1, 0.15) is 6.61 Å². The molecule has 0 aromatic carbocycles. The van der Waals surface area contributed by atoms with Gasteiger partial charge >= 0.3 is 0 Å². The van der Waals surface area contributed by atoms with Crippen LogP contribution in [0.2, 0.25) is 0 Å². The summed E-state index contributed by atoms with van der Waals surface area (Å²) in [6.07, 6.45) is 3.04. The summed E-state index contributed by atoms with van der Waals surface area (Å²) < 4.78 is 5.24. The molecule has 1 aliphatic heterocycles. The lowest BCUT2D eigenvalue weighted by Crippen LogP contribution is -2.41. The first-order chi connectivity index (χ1) is 7.27. The summed E-state index contributed by atoms with van der Waals surface area (Å²) in [6, 6.07) is 0. The average Bonchev–Trinajstić information content (AvgIpc) is 2.29. The van der Waals surface area contributed by atoms with Crippen molar-refractivity contribution in [2.24, 2.45) is 11.7 Å². The summed E-state index contributed by atoms with van der Waals surface area (Å²) in [5, 5.41) is 0. The Morgan fingerprint density at radius 1 is 1.44 bits per heavy atom. The quantitative estimate of drug-likeness (QED) is 0.742. The molecule has 0 bridgehead atoms. The fraction of sp³-hybridized carbons (Fsp3) is 0.909. The molecule has 1 saturated heterocycles. The van der Waals surface area contributed by atoms with Gasteiger partial charge in [-0.25, -0.2) is 0 Å². The molecule has 0 aliphatic carbocycles. The maximum atomic E-state index is 11.6. The standard InChI is InChI=1S/C11H22N2O2.ClH/c1-2-7-15-9-11(14)13-5-3-10(8-12)4-6-13;/h10H,2-9,12H2,1H3;1H. The zero-order valence-corrected chi connectivity index (χ0v) is 10.8. The van der Waals surface area contributed by atoms with E-state index in [2.05, 4.69) is 0 Å². The normalized spacial score (nSPS) is 17.0. The molecule has 1 fully saturated rings. The topological polar surface area (TPSA) is 55.6 Å². The van der Waals surface area contributed by atoms with Gasteiger partial charge in [-0.15, -0.1) is 12.4 Å². The fourth-order valence-corrected chi connectivity index (χ4v) is 1.81. The largest absolute Gasteiger partial charge is 0.372 e. The van der Waals surface area contributed by atoms with E-state index in [1.54, 1.807) is 0 Å². The highest BCUT2D eigenvalue weighted by atomic mass is 35.5. The van der Waals surface area contributed by atoms with Gasteiger partial charge in [0.25, 0.3) is 0 Å². The SMILES string of the molecule is CCCOCC(=O)N1CCC(CN)CC1.Cl. The van der Waals surface area contributed by atoms with Crippen LogP contribution in [0, 0.1) is 5.92 Å². The van der Waals surface area contributed by atoms with Gasteiger partial charge in [-0.2, -0.15) is 0 Å². The van der Waals surface area contributed by atoms with Crippen molar-refractivity contribution in [3.8, 4) is 0 Å². The van der Waals surface area contributed by atoms with Crippen molar-refractivity contribution in [1.29, 1.82) is 0 Å². The molecule has 0 aromatic heterocycles. The Labute approximate surface area is 104 Å². The number of likely N-dealkylation sites (tertiary alicyclic amines) is 1. The first kappa shape index (κ1) is 15.7. The Kier molecular flexibility index (Phi) is 8.61. The highest BCUT2D eigenvalue weighted by molar-refractivity contribution is 5.85. The van der Waals surface area contributed by atoms with Crippen molar-refractivity contribution in [1.82, 2.24) is 4.90 Å². The molecule has 0 radical (unpaired) electrons. The van der Waals surface area contributed by atoms with Crippen LogP contribution in [0.15, 0.2) is 0 Å². The van der Waals surface area contributed by atoms with E-state index in [9.17, 15) is 4.79 Å². The molecule has 0 saturated carbocycles. The minimum atomic E-state index is 0. The average molecular weight is 251 g/mol. The van der Waals surface area contributed by atoms with Gasteiger partial charge in [-0.3, -0.25) is 4.79 Å². The number of piperidine rings is 1. The zero-order valence-electron chi connectivity index (χ0n) is 9.98. The van der Waals surface area contributed by atoms with E-state index < -0.39 is 0 Å². The van der Waals surface area contributed by atoms with Crippen LogP contribution in [0.3, 0.4) is 0 Å². The molecule has 1 amide bonds. The number of halogens is 1. The van der Waals surface area contributed by atoms with E-state index >= 15 is 0 Å². The Hall–Kier alpha value is -0.320. The van der Waals surface area contributed by atoms with Crippen molar-refractivity contribution in [2.75, 3.05) is 32.8 Å². The van der Waals surface area contributed by atoms with E-state index in [-0.39, 0.29) is 24.9 Å². The Balaban J connectivity index is 0.00000225. The number of hydrogen-bond acceptors (Lipinski definition) is 3. The van der Waals surface area contributed by atoms with Crippen LogP contribution in [-0.4, -0.2) is 43.7 Å². The molecule has 1 aliphatic rings. The molecule has 0 unspecified atom stereocenters. The maximum Gasteiger partial charge on any atom is 0.248 e. The summed E-state index contributed by atoms with van der Waals surface area (Å²) in [4.78, 5) is 13.5. The van der Waals surface area contributed by atoms with Crippen molar-refractivity contribution in [3.63, 3.8) is 0 Å². The van der Waals surface area contributed by atoms with Gasteiger partial charge in [0.15, 0.2) is 0 Å². The molecule has 96 valence electrons. The van der Waals surface area contributed by atoms with Gasteiger partial charge in [-0.1, -0.05) is 6.92 Å².